The zero-order valence-electron chi connectivity index (χ0n) is 16.2. The standard InChI is InChI=1S/C22H21N7/c1-2-28-18-11-7-6-10-17(18)24-20(28)14-15-23-19-12-13-21-25-26-22(29(21)27-19)16-8-4-3-5-9-16/h3-13H,2,14-15H2,1H3,(H,23,27). The number of hydrogen-bond acceptors (Lipinski definition) is 5. The highest BCUT2D eigenvalue weighted by Gasteiger charge is 2.11. The van der Waals surface area contributed by atoms with Crippen LogP contribution in [0.1, 0.15) is 12.7 Å². The maximum Gasteiger partial charge on any atom is 0.185 e. The number of imidazole rings is 1. The molecule has 3 heterocycles. The Labute approximate surface area is 168 Å². The minimum absolute atomic E-state index is 0.724. The number of rotatable bonds is 6. The summed E-state index contributed by atoms with van der Waals surface area (Å²) in [7, 11) is 0. The molecule has 7 heteroatoms. The lowest BCUT2D eigenvalue weighted by Crippen LogP contribution is -2.11. The van der Waals surface area contributed by atoms with E-state index in [4.69, 9.17) is 4.98 Å². The van der Waals surface area contributed by atoms with Gasteiger partial charge in [-0.1, -0.05) is 42.5 Å². The molecule has 0 radical (unpaired) electrons. The molecular weight excluding hydrogens is 362 g/mol. The molecule has 0 aliphatic heterocycles. The fraction of sp³-hybridized carbons (Fsp3) is 0.182. The highest BCUT2D eigenvalue weighted by Crippen LogP contribution is 2.19. The number of para-hydroxylation sites is 2. The van der Waals surface area contributed by atoms with E-state index in [9.17, 15) is 0 Å². The quantitative estimate of drug-likeness (QED) is 0.483. The minimum Gasteiger partial charge on any atom is -0.368 e. The molecule has 0 spiro atoms. The fourth-order valence-corrected chi connectivity index (χ4v) is 3.62. The molecule has 0 aliphatic rings. The Balaban J connectivity index is 1.36. The Hall–Kier alpha value is -3.74. The van der Waals surface area contributed by atoms with Gasteiger partial charge in [0.05, 0.1) is 11.0 Å². The van der Waals surface area contributed by atoms with Crippen molar-refractivity contribution in [2.24, 2.45) is 0 Å². The summed E-state index contributed by atoms with van der Waals surface area (Å²) in [6.45, 7) is 3.80. The number of fused-ring (bicyclic) bond motifs is 2. The predicted molar refractivity (Wildman–Crippen MR) is 114 cm³/mol. The molecule has 7 nitrogen and oxygen atoms in total. The van der Waals surface area contributed by atoms with E-state index in [1.807, 2.05) is 48.5 Å². The average molecular weight is 383 g/mol. The summed E-state index contributed by atoms with van der Waals surface area (Å²) in [6, 6.07) is 22.1. The molecule has 0 aliphatic carbocycles. The summed E-state index contributed by atoms with van der Waals surface area (Å²) in [5, 5.41) is 16.6. The van der Waals surface area contributed by atoms with Gasteiger partial charge in [-0.3, -0.25) is 0 Å². The topological polar surface area (TPSA) is 72.9 Å². The van der Waals surface area contributed by atoms with E-state index < -0.39 is 0 Å². The summed E-state index contributed by atoms with van der Waals surface area (Å²) < 4.78 is 4.04. The van der Waals surface area contributed by atoms with Gasteiger partial charge in [0, 0.05) is 25.1 Å². The third-order valence-corrected chi connectivity index (χ3v) is 5.00. The molecule has 0 amide bonds. The SMILES string of the molecule is CCn1c(CCNc2ccc3nnc(-c4ccccc4)n3n2)nc2ccccc21. The van der Waals surface area contributed by atoms with E-state index in [1.54, 1.807) is 4.52 Å². The second-order valence-electron chi connectivity index (χ2n) is 6.82. The monoisotopic (exact) mass is 383 g/mol. The first-order chi connectivity index (χ1) is 14.3. The van der Waals surface area contributed by atoms with Gasteiger partial charge in [0.15, 0.2) is 11.5 Å². The van der Waals surface area contributed by atoms with Crippen molar-refractivity contribution in [3.05, 3.63) is 72.6 Å². The van der Waals surface area contributed by atoms with Gasteiger partial charge in [0.1, 0.15) is 11.6 Å². The molecular formula is C22H21N7. The number of nitrogens with one attached hydrogen (secondary N) is 1. The molecule has 2 aromatic carbocycles. The first kappa shape index (κ1) is 17.4. The van der Waals surface area contributed by atoms with E-state index in [1.165, 1.54) is 5.52 Å². The van der Waals surface area contributed by atoms with Crippen LogP contribution < -0.4 is 5.32 Å². The summed E-state index contributed by atoms with van der Waals surface area (Å²) in [4.78, 5) is 4.79. The molecule has 0 bridgehead atoms. The van der Waals surface area contributed by atoms with Gasteiger partial charge in [-0.05, 0) is 31.2 Å². The van der Waals surface area contributed by atoms with Crippen LogP contribution in [0.2, 0.25) is 0 Å². The van der Waals surface area contributed by atoms with Crippen molar-refractivity contribution >= 4 is 22.5 Å². The van der Waals surface area contributed by atoms with Crippen LogP contribution in [0.5, 0.6) is 0 Å². The lowest BCUT2D eigenvalue weighted by molar-refractivity contribution is 0.716. The van der Waals surface area contributed by atoms with Crippen molar-refractivity contribution in [3.63, 3.8) is 0 Å². The summed E-state index contributed by atoms with van der Waals surface area (Å²) in [5.74, 6) is 2.60. The van der Waals surface area contributed by atoms with E-state index in [0.29, 0.717) is 0 Å². The van der Waals surface area contributed by atoms with Gasteiger partial charge < -0.3 is 9.88 Å². The Kier molecular flexibility index (Phi) is 4.40. The van der Waals surface area contributed by atoms with Gasteiger partial charge >= 0.3 is 0 Å². The molecule has 29 heavy (non-hydrogen) atoms. The highest BCUT2D eigenvalue weighted by molar-refractivity contribution is 5.75. The first-order valence-corrected chi connectivity index (χ1v) is 9.79. The van der Waals surface area contributed by atoms with E-state index >= 15 is 0 Å². The number of nitrogens with zero attached hydrogens (tertiary/aromatic N) is 6. The molecule has 0 saturated carbocycles. The number of benzene rings is 2. The zero-order chi connectivity index (χ0) is 19.6. The van der Waals surface area contributed by atoms with Gasteiger partial charge in [-0.2, -0.15) is 4.52 Å². The second-order valence-corrected chi connectivity index (χ2v) is 6.82. The van der Waals surface area contributed by atoms with Crippen LogP contribution in [0.3, 0.4) is 0 Å². The molecule has 0 fully saturated rings. The summed E-state index contributed by atoms with van der Waals surface area (Å²) in [6.07, 6.45) is 0.815. The smallest absolute Gasteiger partial charge is 0.185 e. The molecule has 0 saturated heterocycles. The highest BCUT2D eigenvalue weighted by atomic mass is 15.4. The summed E-state index contributed by atoms with van der Waals surface area (Å²) in [5.41, 5.74) is 3.94. The predicted octanol–water partition coefficient (Wildman–Crippen LogP) is 3.82. The lowest BCUT2D eigenvalue weighted by Gasteiger charge is -2.08. The molecule has 0 atom stereocenters. The van der Waals surface area contributed by atoms with Crippen LogP contribution in [0.4, 0.5) is 5.82 Å². The molecule has 5 aromatic rings. The third-order valence-electron chi connectivity index (χ3n) is 5.00. The minimum atomic E-state index is 0.724. The zero-order valence-corrected chi connectivity index (χ0v) is 16.2. The number of aromatic nitrogens is 6. The van der Waals surface area contributed by atoms with Gasteiger partial charge in [-0.15, -0.1) is 15.3 Å². The fourth-order valence-electron chi connectivity index (χ4n) is 3.62. The van der Waals surface area contributed by atoms with Crippen molar-refractivity contribution in [1.82, 2.24) is 29.4 Å². The van der Waals surface area contributed by atoms with Crippen molar-refractivity contribution in [2.45, 2.75) is 19.9 Å². The maximum absolute atomic E-state index is 4.79. The number of anilines is 1. The molecule has 3 aromatic heterocycles. The molecule has 1 N–H and O–H groups in total. The van der Waals surface area contributed by atoms with E-state index in [-0.39, 0.29) is 0 Å². The van der Waals surface area contributed by atoms with E-state index in [0.717, 1.165) is 53.7 Å². The van der Waals surface area contributed by atoms with Crippen molar-refractivity contribution < 1.29 is 0 Å². The number of hydrogen-bond donors (Lipinski definition) is 1. The van der Waals surface area contributed by atoms with E-state index in [2.05, 4.69) is 50.3 Å². The van der Waals surface area contributed by atoms with Gasteiger partial charge in [0.25, 0.3) is 0 Å². The molecule has 144 valence electrons. The summed E-state index contributed by atoms with van der Waals surface area (Å²) >= 11 is 0. The Bertz CT molecular complexity index is 1270. The number of aryl methyl sites for hydroxylation is 1. The Morgan fingerprint density at radius 1 is 0.897 bits per heavy atom. The largest absolute Gasteiger partial charge is 0.368 e. The van der Waals surface area contributed by atoms with Gasteiger partial charge in [-0.25, -0.2) is 4.98 Å². The van der Waals surface area contributed by atoms with Crippen LogP contribution in [0.15, 0.2) is 66.7 Å². The Morgan fingerprint density at radius 3 is 2.59 bits per heavy atom. The van der Waals surface area contributed by atoms with Gasteiger partial charge in [0.2, 0.25) is 0 Å². The average Bonchev–Trinajstić information content (AvgIpc) is 3.35. The van der Waals surface area contributed by atoms with Crippen LogP contribution >= 0.6 is 0 Å². The van der Waals surface area contributed by atoms with Crippen LogP contribution in [-0.4, -0.2) is 35.9 Å². The van der Waals surface area contributed by atoms with Crippen molar-refractivity contribution in [1.29, 1.82) is 0 Å². The van der Waals surface area contributed by atoms with Crippen molar-refractivity contribution in [2.75, 3.05) is 11.9 Å². The maximum atomic E-state index is 4.79. The Morgan fingerprint density at radius 2 is 1.72 bits per heavy atom. The van der Waals surface area contributed by atoms with Crippen LogP contribution in [-0.2, 0) is 13.0 Å². The van der Waals surface area contributed by atoms with Crippen LogP contribution in [0.25, 0.3) is 28.1 Å². The van der Waals surface area contributed by atoms with Crippen molar-refractivity contribution in [3.8, 4) is 11.4 Å². The normalized spacial score (nSPS) is 11.3. The molecule has 0 unspecified atom stereocenters. The lowest BCUT2D eigenvalue weighted by atomic mass is 10.2. The third kappa shape index (κ3) is 3.20. The second kappa shape index (κ2) is 7.35. The first-order valence-electron chi connectivity index (χ1n) is 9.79. The molecule has 5 rings (SSSR count). The van der Waals surface area contributed by atoms with Crippen LogP contribution in [0, 0.1) is 0 Å².